The Balaban J connectivity index is 0. The molecule has 0 bridgehead atoms. The van der Waals surface area contributed by atoms with E-state index in [0.29, 0.717) is 0 Å². The molecule has 11 heteroatoms. The van der Waals surface area contributed by atoms with Crippen LogP contribution in [-0.4, -0.2) is 55.4 Å². The van der Waals surface area contributed by atoms with Crippen molar-refractivity contribution in [1.29, 1.82) is 0 Å². The van der Waals surface area contributed by atoms with Crippen molar-refractivity contribution in [3.63, 3.8) is 0 Å². The van der Waals surface area contributed by atoms with Crippen molar-refractivity contribution < 1.29 is 102 Å². The molecular formula is C17H13KO10. The molecule has 0 fully saturated rings. The van der Waals surface area contributed by atoms with Crippen LogP contribution in [0.1, 0.15) is 53.2 Å². The van der Waals surface area contributed by atoms with Crippen LogP contribution in [0.15, 0.2) is 42.5 Å². The van der Waals surface area contributed by atoms with Gasteiger partial charge in [0.2, 0.25) is 0 Å². The van der Waals surface area contributed by atoms with Crippen LogP contribution in [-0.2, 0) is 0 Å². The van der Waals surface area contributed by atoms with Gasteiger partial charge in [-0.15, -0.1) is 0 Å². The average Bonchev–Trinajstić information content (AvgIpc) is 2.61. The Labute approximate surface area is 201 Å². The predicted molar refractivity (Wildman–Crippen MR) is 88.8 cm³/mol. The second-order valence-corrected chi connectivity index (χ2v) is 4.90. The third kappa shape index (κ3) is 7.58. The number of carbonyl (C=O) groups is 5. The summed E-state index contributed by atoms with van der Waals surface area (Å²) >= 11 is 0. The first kappa shape index (κ1) is 25.4. The fourth-order valence-electron chi connectivity index (χ4n) is 1.75. The second kappa shape index (κ2) is 11.3. The van der Waals surface area contributed by atoms with Crippen LogP contribution in [0.4, 0.5) is 0 Å². The molecule has 0 amide bonds. The standard InChI is InChI=1S/C9H6O6.C8H6O4.K.H/c10-7(11)4-1-5(8(12)13)3-6(2-4)9(14)15;9-7(10)5-1-2-6(4-3-5)8(11)12;;/h1-3H,(H,10,11)(H,12,13)(H,14,15);1-4H,(H,9,10)(H,11,12);;/q;;+1;-1. The van der Waals surface area contributed by atoms with Gasteiger partial charge in [0.1, 0.15) is 0 Å². The zero-order valence-electron chi connectivity index (χ0n) is 15.3. The van der Waals surface area contributed by atoms with E-state index < -0.39 is 29.8 Å². The molecule has 0 aliphatic rings. The zero-order valence-corrected chi connectivity index (χ0v) is 17.4. The van der Waals surface area contributed by atoms with E-state index in [1.165, 1.54) is 24.3 Å². The van der Waals surface area contributed by atoms with Gasteiger partial charge in [-0.2, -0.15) is 0 Å². The number of aromatic carboxylic acids is 5. The van der Waals surface area contributed by atoms with Gasteiger partial charge in [0.15, 0.2) is 0 Å². The number of hydrogen-bond donors (Lipinski definition) is 5. The number of carboxylic acid groups (broad SMARTS) is 5. The third-order valence-corrected chi connectivity index (χ3v) is 3.05. The summed E-state index contributed by atoms with van der Waals surface area (Å²) in [7, 11) is 0. The van der Waals surface area contributed by atoms with E-state index in [4.69, 9.17) is 25.5 Å². The first-order valence-electron chi connectivity index (χ1n) is 6.94. The molecule has 0 saturated heterocycles. The van der Waals surface area contributed by atoms with Gasteiger partial charge in [0, 0.05) is 0 Å². The summed E-state index contributed by atoms with van der Waals surface area (Å²) in [4.78, 5) is 52.4. The minimum atomic E-state index is -1.37. The largest absolute Gasteiger partial charge is 1.00 e. The monoisotopic (exact) mass is 416 g/mol. The molecule has 0 spiro atoms. The van der Waals surface area contributed by atoms with Crippen molar-refractivity contribution in [2.24, 2.45) is 0 Å². The van der Waals surface area contributed by atoms with Crippen molar-refractivity contribution in [3.05, 3.63) is 70.3 Å². The quantitative estimate of drug-likeness (QED) is 0.378. The molecule has 0 atom stereocenters. The fourth-order valence-corrected chi connectivity index (χ4v) is 1.75. The summed E-state index contributed by atoms with van der Waals surface area (Å²) in [6, 6.07) is 7.72. The molecule has 142 valence electrons. The molecule has 2 aromatic carbocycles. The summed E-state index contributed by atoms with van der Waals surface area (Å²) in [5.74, 6) is -6.25. The van der Waals surface area contributed by atoms with Gasteiger partial charge in [-0.3, -0.25) is 0 Å². The smallest absolute Gasteiger partial charge is 1.00 e. The van der Waals surface area contributed by atoms with Crippen LogP contribution in [0.25, 0.3) is 0 Å². The SMILES string of the molecule is O=C(O)c1cc(C(=O)O)cc(C(=O)O)c1.O=C(O)c1ccc(C(=O)O)cc1.[H-].[K+]. The van der Waals surface area contributed by atoms with Gasteiger partial charge in [-0.1, -0.05) is 0 Å². The van der Waals surface area contributed by atoms with Crippen molar-refractivity contribution in [2.75, 3.05) is 0 Å². The summed E-state index contributed by atoms with van der Waals surface area (Å²) in [6.45, 7) is 0. The maximum atomic E-state index is 10.6. The molecule has 0 aliphatic carbocycles. The van der Waals surface area contributed by atoms with Gasteiger partial charge in [-0.25, -0.2) is 24.0 Å². The maximum Gasteiger partial charge on any atom is 1.00 e. The molecule has 0 aromatic heterocycles. The van der Waals surface area contributed by atoms with Crippen LogP contribution in [0.3, 0.4) is 0 Å². The summed E-state index contributed by atoms with van der Waals surface area (Å²) in [6.07, 6.45) is 0. The molecule has 2 rings (SSSR count). The van der Waals surface area contributed by atoms with Crippen LogP contribution in [0, 0.1) is 0 Å². The summed E-state index contributed by atoms with van der Waals surface area (Å²) in [5, 5.41) is 42.8. The molecule has 0 heterocycles. The predicted octanol–water partition coefficient (Wildman–Crippen LogP) is -1.02. The Morgan fingerprint density at radius 3 is 0.786 bits per heavy atom. The van der Waals surface area contributed by atoms with Crippen molar-refractivity contribution in [1.82, 2.24) is 0 Å². The van der Waals surface area contributed by atoms with Gasteiger partial charge in [-0.05, 0) is 42.5 Å². The van der Waals surface area contributed by atoms with E-state index in [0.717, 1.165) is 18.2 Å². The van der Waals surface area contributed by atoms with Gasteiger partial charge >= 0.3 is 81.2 Å². The number of rotatable bonds is 5. The van der Waals surface area contributed by atoms with Crippen molar-refractivity contribution >= 4 is 29.8 Å². The van der Waals surface area contributed by atoms with E-state index in [1.807, 2.05) is 0 Å². The molecule has 0 unspecified atom stereocenters. The molecule has 28 heavy (non-hydrogen) atoms. The van der Waals surface area contributed by atoms with Crippen LogP contribution in [0.2, 0.25) is 0 Å². The first-order valence-corrected chi connectivity index (χ1v) is 6.94. The minimum Gasteiger partial charge on any atom is -1.00 e. The first-order chi connectivity index (χ1) is 12.5. The van der Waals surface area contributed by atoms with E-state index in [1.54, 1.807) is 0 Å². The molecule has 2 aromatic rings. The topological polar surface area (TPSA) is 186 Å². The van der Waals surface area contributed by atoms with E-state index in [9.17, 15) is 24.0 Å². The van der Waals surface area contributed by atoms with Gasteiger partial charge in [0.05, 0.1) is 27.8 Å². The van der Waals surface area contributed by atoms with Crippen LogP contribution in [0.5, 0.6) is 0 Å². The molecule has 0 saturated carbocycles. The Morgan fingerprint density at radius 2 is 0.643 bits per heavy atom. The second-order valence-electron chi connectivity index (χ2n) is 4.90. The fraction of sp³-hybridized carbons (Fsp3) is 0. The maximum absolute atomic E-state index is 10.6. The molecule has 0 radical (unpaired) electrons. The van der Waals surface area contributed by atoms with Crippen LogP contribution >= 0.6 is 0 Å². The van der Waals surface area contributed by atoms with Gasteiger partial charge in [0.25, 0.3) is 0 Å². The number of carboxylic acids is 5. The Bertz CT molecular complexity index is 812. The summed E-state index contributed by atoms with van der Waals surface area (Å²) in [5.41, 5.74) is -0.938. The average molecular weight is 416 g/mol. The van der Waals surface area contributed by atoms with Crippen LogP contribution < -0.4 is 51.4 Å². The Kier molecular flexibility index (Phi) is 10.3. The minimum absolute atomic E-state index is 0. The van der Waals surface area contributed by atoms with E-state index in [-0.39, 0.29) is 80.6 Å². The number of hydrogen-bond acceptors (Lipinski definition) is 5. The van der Waals surface area contributed by atoms with E-state index in [2.05, 4.69) is 0 Å². The molecule has 10 nitrogen and oxygen atoms in total. The third-order valence-electron chi connectivity index (χ3n) is 3.05. The molecule has 0 aliphatic heterocycles. The number of benzene rings is 2. The Hall–Kier alpha value is -2.57. The molecule has 5 N–H and O–H groups in total. The van der Waals surface area contributed by atoms with Crippen molar-refractivity contribution in [3.8, 4) is 0 Å². The zero-order chi connectivity index (χ0) is 20.7. The normalized spacial score (nSPS) is 9.14. The Morgan fingerprint density at radius 1 is 0.464 bits per heavy atom. The van der Waals surface area contributed by atoms with E-state index >= 15 is 0 Å². The van der Waals surface area contributed by atoms with Crippen molar-refractivity contribution in [2.45, 2.75) is 0 Å². The van der Waals surface area contributed by atoms with Gasteiger partial charge < -0.3 is 27.0 Å². The molecular weight excluding hydrogens is 403 g/mol. The summed E-state index contributed by atoms with van der Waals surface area (Å²) < 4.78 is 0.